The molecule has 3 N–H and O–H groups in total. The summed E-state index contributed by atoms with van der Waals surface area (Å²) in [5, 5.41) is 4.02. The molecule has 0 saturated carbocycles. The Labute approximate surface area is 238 Å². The highest BCUT2D eigenvalue weighted by Crippen LogP contribution is 2.35. The number of rotatable bonds is 10. The van der Waals surface area contributed by atoms with Crippen molar-refractivity contribution in [2.45, 2.75) is 19.1 Å². The van der Waals surface area contributed by atoms with Gasteiger partial charge in [0.05, 0.1) is 27.1 Å². The summed E-state index contributed by atoms with van der Waals surface area (Å²) in [6.45, 7) is 1.35. The van der Waals surface area contributed by atoms with Gasteiger partial charge in [-0.1, -0.05) is 0 Å². The molecule has 1 aliphatic rings. The standard InChI is InChI=1S/C25H26F3N7O6S/c1-5-42(37,38)34-22(36)18-8-14(12-29-23(18)41-4)19-13-30-24(31-15-9-16(39-2)11-17(10-15)40-3)32-21(19)35-7-6-20(33-35)25(26,27)28/h6-13,20,33H,5H2,1-4H3,(H,34,36)(H,30,31,32). The van der Waals surface area contributed by atoms with Gasteiger partial charge in [-0.05, 0) is 19.1 Å². The fourth-order valence-electron chi connectivity index (χ4n) is 3.74. The van der Waals surface area contributed by atoms with E-state index in [0.717, 1.165) is 17.3 Å². The summed E-state index contributed by atoms with van der Waals surface area (Å²) in [6.07, 6.45) is 0.0709. The Morgan fingerprint density at radius 3 is 2.31 bits per heavy atom. The highest BCUT2D eigenvalue weighted by molar-refractivity contribution is 7.90. The number of hydrogen-bond donors (Lipinski definition) is 3. The molecule has 224 valence electrons. The van der Waals surface area contributed by atoms with E-state index in [-0.39, 0.29) is 40.1 Å². The number of hydrazine groups is 1. The normalized spacial score (nSPS) is 14.9. The van der Waals surface area contributed by atoms with Crippen LogP contribution in [0.5, 0.6) is 17.4 Å². The minimum Gasteiger partial charge on any atom is -0.497 e. The predicted molar refractivity (Wildman–Crippen MR) is 146 cm³/mol. The number of sulfonamides is 1. The third-order valence-corrected chi connectivity index (χ3v) is 7.15. The van der Waals surface area contributed by atoms with Crippen molar-refractivity contribution in [2.24, 2.45) is 0 Å². The lowest BCUT2D eigenvalue weighted by atomic mass is 10.1. The average Bonchev–Trinajstić information content (AvgIpc) is 3.47. The zero-order valence-corrected chi connectivity index (χ0v) is 23.5. The van der Waals surface area contributed by atoms with E-state index in [1.54, 1.807) is 18.2 Å². The lowest BCUT2D eigenvalue weighted by Gasteiger charge is -2.23. The van der Waals surface area contributed by atoms with E-state index in [9.17, 15) is 26.4 Å². The maximum atomic E-state index is 13.4. The molecule has 17 heteroatoms. The number of anilines is 3. The summed E-state index contributed by atoms with van der Waals surface area (Å²) in [4.78, 5) is 25.6. The van der Waals surface area contributed by atoms with Gasteiger partial charge in [0.15, 0.2) is 5.82 Å². The van der Waals surface area contributed by atoms with Crippen molar-refractivity contribution < 1.29 is 40.6 Å². The number of alkyl halides is 3. The number of hydrogen-bond acceptors (Lipinski definition) is 12. The Hall–Kier alpha value is -4.64. The van der Waals surface area contributed by atoms with Crippen molar-refractivity contribution in [3.8, 4) is 28.5 Å². The molecule has 0 saturated heterocycles. The van der Waals surface area contributed by atoms with Crippen molar-refractivity contribution in [3.05, 3.63) is 54.5 Å². The lowest BCUT2D eigenvalue weighted by Crippen LogP contribution is -2.44. The monoisotopic (exact) mass is 609 g/mol. The quantitative estimate of drug-likeness (QED) is 0.309. The number of pyridine rings is 1. The third-order valence-electron chi connectivity index (χ3n) is 5.89. The van der Waals surface area contributed by atoms with Crippen LogP contribution in [0.25, 0.3) is 11.1 Å². The number of carbonyl (C=O) groups is 1. The van der Waals surface area contributed by atoms with Gasteiger partial charge < -0.3 is 19.5 Å². The van der Waals surface area contributed by atoms with E-state index < -0.39 is 28.1 Å². The molecule has 1 aromatic carbocycles. The smallest absolute Gasteiger partial charge is 0.409 e. The first-order chi connectivity index (χ1) is 19.9. The zero-order chi connectivity index (χ0) is 30.7. The number of nitrogens with one attached hydrogen (secondary N) is 3. The fraction of sp³-hybridized carbons (Fsp3) is 0.280. The van der Waals surface area contributed by atoms with E-state index in [1.165, 1.54) is 46.7 Å². The number of nitrogens with zero attached hydrogens (tertiary/aromatic N) is 4. The molecule has 4 rings (SSSR count). The molecule has 1 aliphatic heterocycles. The Kier molecular flexibility index (Phi) is 8.72. The molecule has 3 heterocycles. The lowest BCUT2D eigenvalue weighted by molar-refractivity contribution is -0.142. The number of ether oxygens (including phenoxy) is 3. The summed E-state index contributed by atoms with van der Waals surface area (Å²) >= 11 is 0. The van der Waals surface area contributed by atoms with Crippen molar-refractivity contribution >= 4 is 33.4 Å². The molecular weight excluding hydrogens is 583 g/mol. The van der Waals surface area contributed by atoms with Gasteiger partial charge >= 0.3 is 6.18 Å². The molecule has 3 aromatic rings. The molecule has 0 aliphatic carbocycles. The average molecular weight is 610 g/mol. The number of amides is 1. The molecule has 0 bridgehead atoms. The van der Waals surface area contributed by atoms with Crippen LogP contribution in [-0.2, 0) is 10.0 Å². The van der Waals surface area contributed by atoms with Crippen LogP contribution in [0.15, 0.2) is 48.9 Å². The van der Waals surface area contributed by atoms with Crippen molar-refractivity contribution in [2.75, 3.05) is 37.4 Å². The number of halogens is 3. The molecule has 2 aromatic heterocycles. The Balaban J connectivity index is 1.79. The van der Waals surface area contributed by atoms with Crippen molar-refractivity contribution in [1.82, 2.24) is 25.1 Å². The fourth-order valence-corrected chi connectivity index (χ4v) is 4.28. The highest BCUT2D eigenvalue weighted by Gasteiger charge is 2.41. The molecule has 13 nitrogen and oxygen atoms in total. The second-order valence-corrected chi connectivity index (χ2v) is 10.6. The number of benzene rings is 1. The molecule has 0 radical (unpaired) electrons. The molecular formula is C25H26F3N7O6S. The summed E-state index contributed by atoms with van der Waals surface area (Å²) in [7, 11) is 0.262. The van der Waals surface area contributed by atoms with Gasteiger partial charge in [-0.3, -0.25) is 9.80 Å². The van der Waals surface area contributed by atoms with Gasteiger partial charge in [0, 0.05) is 53.6 Å². The Morgan fingerprint density at radius 1 is 1.05 bits per heavy atom. The van der Waals surface area contributed by atoms with Gasteiger partial charge in [-0.15, -0.1) is 0 Å². The largest absolute Gasteiger partial charge is 0.497 e. The van der Waals surface area contributed by atoms with Gasteiger partial charge in [-0.2, -0.15) is 18.2 Å². The molecule has 1 amide bonds. The van der Waals surface area contributed by atoms with E-state index in [4.69, 9.17) is 14.2 Å². The minimum absolute atomic E-state index is 0.00295. The van der Waals surface area contributed by atoms with E-state index >= 15 is 0 Å². The van der Waals surface area contributed by atoms with Crippen LogP contribution < -0.4 is 34.7 Å². The Bertz CT molecular complexity index is 1600. The first-order valence-corrected chi connectivity index (χ1v) is 13.8. The van der Waals surface area contributed by atoms with Crippen LogP contribution in [-0.4, -0.2) is 68.6 Å². The molecule has 1 unspecified atom stereocenters. The minimum atomic E-state index is -4.59. The second kappa shape index (κ2) is 12.1. The summed E-state index contributed by atoms with van der Waals surface area (Å²) in [6, 6.07) is 4.20. The summed E-state index contributed by atoms with van der Waals surface area (Å²) in [5.41, 5.74) is 2.89. The number of methoxy groups -OCH3 is 3. The van der Waals surface area contributed by atoms with Gasteiger partial charge in [0.1, 0.15) is 23.1 Å². The summed E-state index contributed by atoms with van der Waals surface area (Å²) < 4.78 is 81.9. The molecule has 42 heavy (non-hydrogen) atoms. The predicted octanol–water partition coefficient (Wildman–Crippen LogP) is 3.16. The zero-order valence-electron chi connectivity index (χ0n) is 22.7. The van der Waals surface area contributed by atoms with Crippen LogP contribution in [0.4, 0.5) is 30.6 Å². The topological polar surface area (TPSA) is 157 Å². The summed E-state index contributed by atoms with van der Waals surface area (Å²) in [5.74, 6) is -0.642. The van der Waals surface area contributed by atoms with Crippen LogP contribution in [0, 0.1) is 0 Å². The van der Waals surface area contributed by atoms with Gasteiger partial charge in [0.2, 0.25) is 21.9 Å². The maximum absolute atomic E-state index is 13.4. The highest BCUT2D eigenvalue weighted by atomic mass is 32.2. The van der Waals surface area contributed by atoms with Crippen LogP contribution in [0.3, 0.4) is 0 Å². The van der Waals surface area contributed by atoms with Crippen molar-refractivity contribution in [3.63, 3.8) is 0 Å². The van der Waals surface area contributed by atoms with E-state index in [0.29, 0.717) is 17.2 Å². The Morgan fingerprint density at radius 2 is 1.74 bits per heavy atom. The van der Waals surface area contributed by atoms with Gasteiger partial charge in [0.25, 0.3) is 5.91 Å². The van der Waals surface area contributed by atoms with Crippen LogP contribution >= 0.6 is 0 Å². The van der Waals surface area contributed by atoms with Crippen LogP contribution in [0.1, 0.15) is 17.3 Å². The van der Waals surface area contributed by atoms with E-state index in [2.05, 4.69) is 25.7 Å². The van der Waals surface area contributed by atoms with Gasteiger partial charge in [-0.25, -0.2) is 28.5 Å². The maximum Gasteiger partial charge on any atom is 0.409 e. The SMILES string of the molecule is CCS(=O)(=O)NC(=O)c1cc(-c2cnc(Nc3cc(OC)cc(OC)c3)nc2N2C=CC(C(F)(F)F)N2)cnc1OC. The first-order valence-electron chi connectivity index (χ1n) is 12.1. The van der Waals surface area contributed by atoms with E-state index in [1.807, 2.05) is 4.72 Å². The van der Waals surface area contributed by atoms with Crippen molar-refractivity contribution in [1.29, 1.82) is 0 Å². The second-order valence-electron chi connectivity index (χ2n) is 8.63. The third kappa shape index (κ3) is 6.80. The number of aromatic nitrogens is 3. The molecule has 0 fully saturated rings. The first kappa shape index (κ1) is 30.3. The number of carbonyl (C=O) groups excluding carboxylic acids is 1. The molecule has 0 spiro atoms. The van der Waals surface area contributed by atoms with Crippen LogP contribution in [0.2, 0.25) is 0 Å². The molecule has 1 atom stereocenters.